The van der Waals surface area contributed by atoms with E-state index in [1.54, 1.807) is 23.7 Å². The van der Waals surface area contributed by atoms with Gasteiger partial charge in [0.05, 0.1) is 36.9 Å². The second-order valence-electron chi connectivity index (χ2n) is 11.1. The van der Waals surface area contributed by atoms with Crippen LogP contribution in [0.3, 0.4) is 0 Å². The number of aliphatic hydroxyl groups is 1. The predicted octanol–water partition coefficient (Wildman–Crippen LogP) is 3.42. The molecule has 1 amide bonds. The molecule has 8 nitrogen and oxygen atoms in total. The van der Waals surface area contributed by atoms with Crippen molar-refractivity contribution in [1.82, 2.24) is 20.2 Å². The number of thiazole rings is 1. The first-order chi connectivity index (χ1) is 17.4. The lowest BCUT2D eigenvalue weighted by Gasteiger charge is -2.53. The van der Waals surface area contributed by atoms with Crippen molar-refractivity contribution in [1.29, 1.82) is 0 Å². The summed E-state index contributed by atoms with van der Waals surface area (Å²) in [4.78, 5) is 25.8. The van der Waals surface area contributed by atoms with E-state index in [1.807, 2.05) is 19.1 Å². The minimum absolute atomic E-state index is 0.00691. The van der Waals surface area contributed by atoms with Gasteiger partial charge in [-0.2, -0.15) is 0 Å². The number of aromatic nitrogens is 2. The molecule has 2 aliphatic carbocycles. The van der Waals surface area contributed by atoms with Crippen LogP contribution in [0.2, 0.25) is 0 Å². The third kappa shape index (κ3) is 5.16. The van der Waals surface area contributed by atoms with Crippen molar-refractivity contribution in [2.45, 2.75) is 52.1 Å². The maximum Gasteiger partial charge on any atom is 0.223 e. The summed E-state index contributed by atoms with van der Waals surface area (Å²) in [5.41, 5.74) is 2.03. The monoisotopic (exact) mass is 513 g/mol. The molecule has 6 atom stereocenters. The van der Waals surface area contributed by atoms with Gasteiger partial charge < -0.3 is 20.5 Å². The maximum absolute atomic E-state index is 13.0. The maximum atomic E-state index is 13.0. The van der Waals surface area contributed by atoms with Gasteiger partial charge in [0.2, 0.25) is 5.91 Å². The Balaban J connectivity index is 1.24. The minimum Gasteiger partial charge on any atom is -0.392 e. The fourth-order valence-electron chi connectivity index (χ4n) is 6.68. The van der Waals surface area contributed by atoms with Crippen molar-refractivity contribution < 1.29 is 14.6 Å². The van der Waals surface area contributed by atoms with Gasteiger partial charge in [-0.15, -0.1) is 11.3 Å². The van der Waals surface area contributed by atoms with Crippen LogP contribution in [-0.2, 0) is 16.0 Å². The van der Waals surface area contributed by atoms with Gasteiger partial charge in [0, 0.05) is 49.1 Å². The molecule has 3 aliphatic rings. The van der Waals surface area contributed by atoms with Crippen LogP contribution in [0, 0.1) is 23.2 Å². The first-order valence-corrected chi connectivity index (χ1v) is 14.1. The number of anilines is 2. The molecule has 1 saturated carbocycles. The van der Waals surface area contributed by atoms with E-state index in [4.69, 9.17) is 9.72 Å². The van der Waals surface area contributed by atoms with E-state index in [2.05, 4.69) is 34.4 Å². The molecule has 0 radical (unpaired) electrons. The lowest BCUT2D eigenvalue weighted by atomic mass is 9.53. The molecule has 5 rings (SSSR count). The fourth-order valence-corrected chi connectivity index (χ4v) is 7.96. The van der Waals surface area contributed by atoms with Gasteiger partial charge in [-0.3, -0.25) is 14.7 Å². The number of nitrogens with zero attached hydrogens (tertiary/aromatic N) is 3. The van der Waals surface area contributed by atoms with Gasteiger partial charge in [0.1, 0.15) is 0 Å². The SMILES string of the molecule is C[C@H](C(=O)NCCN1CCOCC1)[C@@H]1CC[C@@]2(C)Cc3sc(Nc4cccnc4)nc3[C@@H](C)[C@@H]2[C@H]1O. The second-order valence-corrected chi connectivity index (χ2v) is 12.1. The number of fused-ring (bicyclic) bond motifs is 2. The quantitative estimate of drug-likeness (QED) is 0.522. The lowest BCUT2D eigenvalue weighted by Crippen LogP contribution is -2.53. The smallest absolute Gasteiger partial charge is 0.223 e. The zero-order chi connectivity index (χ0) is 25.3. The van der Waals surface area contributed by atoms with Crippen LogP contribution in [0.5, 0.6) is 0 Å². The van der Waals surface area contributed by atoms with Crippen LogP contribution in [0.4, 0.5) is 10.8 Å². The van der Waals surface area contributed by atoms with Crippen molar-refractivity contribution >= 4 is 28.1 Å². The number of hydrogen-bond donors (Lipinski definition) is 3. The summed E-state index contributed by atoms with van der Waals surface area (Å²) in [6.07, 6.45) is 5.84. The number of carbonyl (C=O) groups is 1. The van der Waals surface area contributed by atoms with Crippen LogP contribution >= 0.6 is 11.3 Å². The van der Waals surface area contributed by atoms with Crippen LogP contribution in [-0.4, -0.2) is 71.4 Å². The zero-order valence-corrected chi connectivity index (χ0v) is 22.4. The van der Waals surface area contributed by atoms with Crippen molar-refractivity contribution in [3.8, 4) is 0 Å². The first-order valence-electron chi connectivity index (χ1n) is 13.3. The number of carbonyl (C=O) groups excluding carboxylic acids is 1. The minimum atomic E-state index is -0.525. The van der Waals surface area contributed by atoms with E-state index in [9.17, 15) is 9.90 Å². The predicted molar refractivity (Wildman–Crippen MR) is 142 cm³/mol. The number of rotatable bonds is 7. The van der Waals surface area contributed by atoms with Crippen LogP contribution in [0.1, 0.15) is 50.1 Å². The summed E-state index contributed by atoms with van der Waals surface area (Å²) >= 11 is 1.71. The normalized spacial score (nSPS) is 31.2. The summed E-state index contributed by atoms with van der Waals surface area (Å²) in [5, 5.41) is 19.1. The molecule has 2 aromatic rings. The number of pyridine rings is 1. The van der Waals surface area contributed by atoms with Crippen molar-refractivity contribution in [2.24, 2.45) is 23.2 Å². The Labute approximate surface area is 217 Å². The average Bonchev–Trinajstić information content (AvgIpc) is 3.26. The molecule has 0 bridgehead atoms. The molecule has 0 aromatic carbocycles. The number of aliphatic hydroxyl groups excluding tert-OH is 1. The van der Waals surface area contributed by atoms with E-state index in [0.29, 0.717) is 6.54 Å². The van der Waals surface area contributed by atoms with E-state index >= 15 is 0 Å². The highest BCUT2D eigenvalue weighted by Gasteiger charge is 2.53. The summed E-state index contributed by atoms with van der Waals surface area (Å²) in [6, 6.07) is 3.89. The highest BCUT2D eigenvalue weighted by molar-refractivity contribution is 7.15. The van der Waals surface area contributed by atoms with Crippen LogP contribution in [0.15, 0.2) is 24.5 Å². The molecule has 196 valence electrons. The summed E-state index contributed by atoms with van der Waals surface area (Å²) in [6.45, 7) is 11.3. The topological polar surface area (TPSA) is 99.6 Å². The standard InChI is InChI=1S/C27H39N5O3S/c1-17(25(34)29-9-10-32-11-13-35-14-12-32)20-6-7-27(3)15-21-23(18(2)22(27)24(20)33)31-26(36-21)30-19-5-4-8-28-16-19/h4-5,8,16-18,20,22,24,33H,6-7,9-15H2,1-3H3,(H,29,34)(H,30,31)/t17-,18-,20-,22+,24-,27-/m0/s1. The Morgan fingerprint density at radius 3 is 2.94 bits per heavy atom. The van der Waals surface area contributed by atoms with Gasteiger partial charge in [0.25, 0.3) is 0 Å². The number of ether oxygens (including phenoxy) is 1. The molecular formula is C27H39N5O3S. The Morgan fingerprint density at radius 2 is 2.19 bits per heavy atom. The van der Waals surface area contributed by atoms with Crippen molar-refractivity contribution in [2.75, 3.05) is 44.7 Å². The van der Waals surface area contributed by atoms with Crippen LogP contribution in [0.25, 0.3) is 0 Å². The zero-order valence-electron chi connectivity index (χ0n) is 21.6. The van der Waals surface area contributed by atoms with E-state index in [1.165, 1.54) is 4.88 Å². The Kier molecular flexibility index (Phi) is 7.62. The highest BCUT2D eigenvalue weighted by Crippen LogP contribution is 2.57. The third-order valence-corrected chi connectivity index (χ3v) is 9.71. The van der Waals surface area contributed by atoms with Gasteiger partial charge in [0.15, 0.2) is 5.13 Å². The van der Waals surface area contributed by atoms with Crippen LogP contribution < -0.4 is 10.6 Å². The van der Waals surface area contributed by atoms with E-state index in [-0.39, 0.29) is 35.0 Å². The summed E-state index contributed by atoms with van der Waals surface area (Å²) in [5.74, 6) is 0.00867. The average molecular weight is 514 g/mol. The number of amides is 1. The third-order valence-electron chi connectivity index (χ3n) is 8.72. The molecule has 1 saturated heterocycles. The Bertz CT molecular complexity index is 1040. The number of nitrogens with one attached hydrogen (secondary N) is 2. The van der Waals surface area contributed by atoms with Crippen molar-refractivity contribution in [3.63, 3.8) is 0 Å². The number of morpholine rings is 1. The van der Waals surface area contributed by atoms with Gasteiger partial charge in [-0.1, -0.05) is 20.8 Å². The fraction of sp³-hybridized carbons (Fsp3) is 0.667. The molecule has 36 heavy (non-hydrogen) atoms. The molecule has 2 fully saturated rings. The lowest BCUT2D eigenvalue weighted by molar-refractivity contribution is -0.134. The molecule has 3 heterocycles. The summed E-state index contributed by atoms with van der Waals surface area (Å²) in [7, 11) is 0. The molecule has 0 unspecified atom stereocenters. The molecule has 2 aromatic heterocycles. The number of hydrogen-bond acceptors (Lipinski definition) is 8. The molecule has 0 spiro atoms. The largest absolute Gasteiger partial charge is 0.392 e. The van der Waals surface area contributed by atoms with Gasteiger partial charge in [-0.25, -0.2) is 4.98 Å². The Hall–Kier alpha value is -2.07. The van der Waals surface area contributed by atoms with Gasteiger partial charge >= 0.3 is 0 Å². The van der Waals surface area contributed by atoms with E-state index in [0.717, 1.165) is 68.6 Å². The molecule has 1 aliphatic heterocycles. The highest BCUT2D eigenvalue weighted by atomic mass is 32.1. The first kappa shape index (κ1) is 25.6. The molecule has 3 N–H and O–H groups in total. The van der Waals surface area contributed by atoms with Gasteiger partial charge in [-0.05, 0) is 48.6 Å². The molecule has 9 heteroatoms. The van der Waals surface area contributed by atoms with E-state index < -0.39 is 6.10 Å². The Morgan fingerprint density at radius 1 is 1.39 bits per heavy atom. The summed E-state index contributed by atoms with van der Waals surface area (Å²) < 4.78 is 5.40. The second kappa shape index (κ2) is 10.7. The van der Waals surface area contributed by atoms with Crippen molar-refractivity contribution in [3.05, 3.63) is 35.1 Å². The molecular weight excluding hydrogens is 474 g/mol.